The van der Waals surface area contributed by atoms with Crippen molar-refractivity contribution < 1.29 is 18.7 Å². The summed E-state index contributed by atoms with van der Waals surface area (Å²) in [4.78, 5) is 15.6. The fourth-order valence-electron chi connectivity index (χ4n) is 2.59. The molecule has 6 heteroatoms. The summed E-state index contributed by atoms with van der Waals surface area (Å²) in [5.74, 6) is 1.79. The van der Waals surface area contributed by atoms with Gasteiger partial charge in [-0.25, -0.2) is 4.98 Å². The summed E-state index contributed by atoms with van der Waals surface area (Å²) < 4.78 is 16.8. The highest BCUT2D eigenvalue weighted by atomic mass is 35.5. The highest BCUT2D eigenvalue weighted by molar-refractivity contribution is 6.30. The van der Waals surface area contributed by atoms with Gasteiger partial charge >= 0.3 is 5.97 Å². The number of oxazole rings is 1. The number of benzene rings is 3. The van der Waals surface area contributed by atoms with Crippen molar-refractivity contribution in [1.29, 1.82) is 0 Å². The lowest BCUT2D eigenvalue weighted by Gasteiger charge is -2.04. The van der Waals surface area contributed by atoms with E-state index < -0.39 is 0 Å². The van der Waals surface area contributed by atoms with Crippen LogP contribution in [0.3, 0.4) is 0 Å². The minimum absolute atomic E-state index is 0.381. The van der Waals surface area contributed by atoms with Crippen molar-refractivity contribution in [2.45, 2.75) is 6.92 Å². The molecular weight excluding hydrogens is 366 g/mol. The second-order valence-corrected chi connectivity index (χ2v) is 6.26. The highest BCUT2D eigenvalue weighted by Crippen LogP contribution is 2.30. The molecule has 0 fully saturated rings. The molecule has 0 N–H and O–H groups in total. The van der Waals surface area contributed by atoms with Crippen molar-refractivity contribution in [3.8, 4) is 28.7 Å². The lowest BCUT2D eigenvalue weighted by molar-refractivity contribution is -0.131. The third kappa shape index (κ3) is 3.93. The van der Waals surface area contributed by atoms with E-state index >= 15 is 0 Å². The number of ether oxygens (including phenoxy) is 2. The number of rotatable bonds is 4. The number of nitrogens with zero attached hydrogens (tertiary/aromatic N) is 1. The Hall–Kier alpha value is -3.31. The van der Waals surface area contributed by atoms with Gasteiger partial charge in [0.25, 0.3) is 0 Å². The van der Waals surface area contributed by atoms with E-state index in [0.29, 0.717) is 44.8 Å². The number of aromatic nitrogens is 1. The van der Waals surface area contributed by atoms with Crippen molar-refractivity contribution in [2.75, 3.05) is 0 Å². The third-order valence-corrected chi connectivity index (χ3v) is 4.00. The largest absolute Gasteiger partial charge is 0.457 e. The number of fused-ring (bicyclic) bond motifs is 1. The van der Waals surface area contributed by atoms with Gasteiger partial charge in [0.15, 0.2) is 5.58 Å². The summed E-state index contributed by atoms with van der Waals surface area (Å²) in [7, 11) is 0. The molecule has 0 amide bonds. The minimum Gasteiger partial charge on any atom is -0.457 e. The number of hydrogen-bond acceptors (Lipinski definition) is 5. The zero-order valence-corrected chi connectivity index (χ0v) is 15.1. The zero-order chi connectivity index (χ0) is 18.8. The van der Waals surface area contributed by atoms with Gasteiger partial charge in [0.05, 0.1) is 0 Å². The SMILES string of the molecule is CC(=O)Oc1cccc(-c2nc3ccc(Oc4ccc(Cl)cc4)cc3o2)c1. The number of hydrogen-bond donors (Lipinski definition) is 0. The average molecular weight is 380 g/mol. The van der Waals surface area contributed by atoms with Crippen LogP contribution in [0, 0.1) is 0 Å². The summed E-state index contributed by atoms with van der Waals surface area (Å²) in [6, 6.07) is 19.5. The van der Waals surface area contributed by atoms with Gasteiger partial charge in [0.2, 0.25) is 5.89 Å². The number of carbonyl (C=O) groups excluding carboxylic acids is 1. The maximum atomic E-state index is 11.1. The number of halogens is 1. The van der Waals surface area contributed by atoms with Crippen LogP contribution in [0.4, 0.5) is 0 Å². The predicted molar refractivity (Wildman–Crippen MR) is 102 cm³/mol. The van der Waals surface area contributed by atoms with Gasteiger partial charge in [-0.05, 0) is 54.6 Å². The van der Waals surface area contributed by atoms with Crippen molar-refractivity contribution >= 4 is 28.7 Å². The first kappa shape index (κ1) is 17.1. The van der Waals surface area contributed by atoms with Crippen LogP contribution in [0.2, 0.25) is 5.02 Å². The quantitative estimate of drug-likeness (QED) is 0.328. The van der Waals surface area contributed by atoms with E-state index in [2.05, 4.69) is 4.98 Å². The fraction of sp³-hybridized carbons (Fsp3) is 0.0476. The van der Waals surface area contributed by atoms with Crippen LogP contribution < -0.4 is 9.47 Å². The molecule has 0 saturated heterocycles. The lowest BCUT2D eigenvalue weighted by atomic mass is 10.2. The van der Waals surface area contributed by atoms with Crippen LogP contribution in [0.25, 0.3) is 22.6 Å². The van der Waals surface area contributed by atoms with Gasteiger partial charge in [-0.1, -0.05) is 17.7 Å². The molecule has 1 heterocycles. The van der Waals surface area contributed by atoms with Crippen molar-refractivity contribution in [1.82, 2.24) is 4.98 Å². The van der Waals surface area contributed by atoms with E-state index in [1.165, 1.54) is 6.92 Å². The molecule has 0 aliphatic rings. The minimum atomic E-state index is -0.381. The van der Waals surface area contributed by atoms with Crippen LogP contribution in [0.15, 0.2) is 71.1 Å². The average Bonchev–Trinajstić information content (AvgIpc) is 3.07. The second-order valence-electron chi connectivity index (χ2n) is 5.83. The first-order chi connectivity index (χ1) is 13.1. The Morgan fingerprint density at radius 2 is 1.74 bits per heavy atom. The van der Waals surface area contributed by atoms with Gasteiger partial charge in [0, 0.05) is 23.6 Å². The summed E-state index contributed by atoms with van der Waals surface area (Å²) in [5, 5.41) is 0.647. The predicted octanol–water partition coefficient (Wildman–Crippen LogP) is 5.87. The normalized spacial score (nSPS) is 10.7. The molecule has 0 aliphatic heterocycles. The Kier molecular flexibility index (Phi) is 4.52. The van der Waals surface area contributed by atoms with Gasteiger partial charge < -0.3 is 13.9 Å². The zero-order valence-electron chi connectivity index (χ0n) is 14.3. The second kappa shape index (κ2) is 7.13. The molecule has 1 aromatic heterocycles. The molecule has 5 nitrogen and oxygen atoms in total. The number of esters is 1. The molecule has 4 rings (SSSR count). The van der Waals surface area contributed by atoms with Crippen LogP contribution in [-0.2, 0) is 4.79 Å². The summed E-state index contributed by atoms with van der Waals surface area (Å²) >= 11 is 5.89. The first-order valence-corrected chi connectivity index (χ1v) is 8.57. The molecule has 3 aromatic carbocycles. The van der Waals surface area contributed by atoms with Crippen molar-refractivity contribution in [2.24, 2.45) is 0 Å². The molecule has 0 atom stereocenters. The van der Waals surface area contributed by atoms with Crippen LogP contribution in [0.1, 0.15) is 6.92 Å². The van der Waals surface area contributed by atoms with E-state index in [9.17, 15) is 4.79 Å². The standard InChI is InChI=1S/C21H14ClNO4/c1-13(24)25-17-4-2-3-14(11-17)21-23-19-10-9-18(12-20(19)27-21)26-16-7-5-15(22)6-8-16/h2-12H,1H3. The summed E-state index contributed by atoms with van der Waals surface area (Å²) in [6.45, 7) is 1.36. The van der Waals surface area contributed by atoms with Gasteiger partial charge in [-0.15, -0.1) is 0 Å². The highest BCUT2D eigenvalue weighted by Gasteiger charge is 2.11. The molecule has 4 aromatic rings. The van der Waals surface area contributed by atoms with E-state index in [1.54, 1.807) is 48.5 Å². The lowest BCUT2D eigenvalue weighted by Crippen LogP contribution is -2.01. The summed E-state index contributed by atoms with van der Waals surface area (Å²) in [6.07, 6.45) is 0. The van der Waals surface area contributed by atoms with Gasteiger partial charge in [0.1, 0.15) is 22.8 Å². The molecule has 0 aliphatic carbocycles. The molecule has 0 spiro atoms. The molecule has 0 bridgehead atoms. The molecule has 27 heavy (non-hydrogen) atoms. The third-order valence-electron chi connectivity index (χ3n) is 3.75. The van der Waals surface area contributed by atoms with Crippen LogP contribution in [-0.4, -0.2) is 11.0 Å². The van der Waals surface area contributed by atoms with E-state index in [4.69, 9.17) is 25.5 Å². The smallest absolute Gasteiger partial charge is 0.308 e. The van der Waals surface area contributed by atoms with E-state index in [1.807, 2.05) is 18.2 Å². The van der Waals surface area contributed by atoms with Crippen molar-refractivity contribution in [3.63, 3.8) is 0 Å². The maximum absolute atomic E-state index is 11.1. The molecular formula is C21H14ClNO4. The van der Waals surface area contributed by atoms with E-state index in [0.717, 1.165) is 0 Å². The van der Waals surface area contributed by atoms with Gasteiger partial charge in [-0.2, -0.15) is 0 Å². The Bertz CT molecular complexity index is 1120. The van der Waals surface area contributed by atoms with Crippen molar-refractivity contribution in [3.05, 3.63) is 71.8 Å². The number of carbonyl (C=O) groups is 1. The molecule has 0 radical (unpaired) electrons. The Balaban J connectivity index is 1.63. The molecule has 134 valence electrons. The Morgan fingerprint density at radius 3 is 2.52 bits per heavy atom. The summed E-state index contributed by atoms with van der Waals surface area (Å²) in [5.41, 5.74) is 2.01. The van der Waals surface area contributed by atoms with Gasteiger partial charge in [-0.3, -0.25) is 4.79 Å². The molecule has 0 unspecified atom stereocenters. The van der Waals surface area contributed by atoms with E-state index in [-0.39, 0.29) is 5.97 Å². The maximum Gasteiger partial charge on any atom is 0.308 e. The van der Waals surface area contributed by atoms with Crippen LogP contribution in [0.5, 0.6) is 17.2 Å². The topological polar surface area (TPSA) is 61.6 Å². The molecule has 0 saturated carbocycles. The van der Waals surface area contributed by atoms with Crippen LogP contribution >= 0.6 is 11.6 Å². The Morgan fingerprint density at radius 1 is 0.963 bits per heavy atom. The monoisotopic (exact) mass is 379 g/mol. The fourth-order valence-corrected chi connectivity index (χ4v) is 2.72. The Labute approximate surface area is 160 Å². The first-order valence-electron chi connectivity index (χ1n) is 8.20.